The van der Waals surface area contributed by atoms with Crippen molar-refractivity contribution in [1.29, 1.82) is 0 Å². The summed E-state index contributed by atoms with van der Waals surface area (Å²) < 4.78 is 18.5. The Kier molecular flexibility index (Phi) is 4.01. The fourth-order valence-electron chi connectivity index (χ4n) is 2.87. The molecule has 1 heterocycles. The lowest BCUT2D eigenvalue weighted by Crippen LogP contribution is -2.36. The molecule has 3 nitrogen and oxygen atoms in total. The number of carbonyl (C=O) groups is 1. The molecule has 2 fully saturated rings. The molecule has 0 bridgehead atoms. The molecular formula is C16H20FNO2. The summed E-state index contributed by atoms with van der Waals surface area (Å²) in [4.78, 5) is 12.4. The lowest BCUT2D eigenvalue weighted by Gasteiger charge is -2.18. The molecule has 4 heteroatoms. The lowest BCUT2D eigenvalue weighted by molar-refractivity contribution is -0.123. The third-order valence-corrected chi connectivity index (χ3v) is 4.13. The highest BCUT2D eigenvalue weighted by Gasteiger charge is 2.37. The minimum absolute atomic E-state index is 0.0506. The van der Waals surface area contributed by atoms with Crippen molar-refractivity contribution in [3.63, 3.8) is 0 Å². The van der Waals surface area contributed by atoms with Gasteiger partial charge in [-0.3, -0.25) is 4.79 Å². The highest BCUT2D eigenvalue weighted by atomic mass is 19.1. The second kappa shape index (κ2) is 5.92. The molecule has 1 amide bonds. The average molecular weight is 277 g/mol. The van der Waals surface area contributed by atoms with E-state index in [-0.39, 0.29) is 23.7 Å². The monoisotopic (exact) mass is 277 g/mol. The van der Waals surface area contributed by atoms with E-state index in [2.05, 4.69) is 5.32 Å². The van der Waals surface area contributed by atoms with Crippen LogP contribution in [0, 0.1) is 11.7 Å². The SMILES string of the molecule is O=C(NCC1CCCO1)C(c1ccc(F)cc1)C1CC1. The predicted molar refractivity (Wildman–Crippen MR) is 73.8 cm³/mol. The molecule has 1 N–H and O–H groups in total. The number of carbonyl (C=O) groups excluding carboxylic acids is 1. The van der Waals surface area contributed by atoms with E-state index in [9.17, 15) is 9.18 Å². The first-order chi connectivity index (χ1) is 9.74. The summed E-state index contributed by atoms with van der Waals surface area (Å²) in [6, 6.07) is 6.31. The van der Waals surface area contributed by atoms with Gasteiger partial charge in [-0.15, -0.1) is 0 Å². The molecule has 1 saturated heterocycles. The van der Waals surface area contributed by atoms with Gasteiger partial charge in [-0.05, 0) is 49.3 Å². The first-order valence-electron chi connectivity index (χ1n) is 7.39. The summed E-state index contributed by atoms with van der Waals surface area (Å²) in [7, 11) is 0. The number of hydrogen-bond acceptors (Lipinski definition) is 2. The van der Waals surface area contributed by atoms with Crippen LogP contribution in [0.15, 0.2) is 24.3 Å². The lowest BCUT2D eigenvalue weighted by atomic mass is 9.93. The average Bonchev–Trinajstić information content (AvgIpc) is 3.14. The van der Waals surface area contributed by atoms with Gasteiger partial charge in [-0.2, -0.15) is 0 Å². The van der Waals surface area contributed by atoms with Gasteiger partial charge in [-0.25, -0.2) is 4.39 Å². The maximum atomic E-state index is 13.0. The Hall–Kier alpha value is -1.42. The van der Waals surface area contributed by atoms with Crippen LogP contribution in [0.25, 0.3) is 0 Å². The first-order valence-corrected chi connectivity index (χ1v) is 7.39. The van der Waals surface area contributed by atoms with Crippen LogP contribution in [0.2, 0.25) is 0 Å². The molecular weight excluding hydrogens is 257 g/mol. The first kappa shape index (κ1) is 13.6. The molecule has 0 radical (unpaired) electrons. The highest BCUT2D eigenvalue weighted by Crippen LogP contribution is 2.42. The predicted octanol–water partition coefficient (Wildman–Crippen LogP) is 2.61. The Morgan fingerprint density at radius 1 is 1.30 bits per heavy atom. The number of hydrogen-bond donors (Lipinski definition) is 1. The molecule has 1 aromatic carbocycles. The normalized spacial score (nSPS) is 23.6. The van der Waals surface area contributed by atoms with E-state index in [1.165, 1.54) is 12.1 Å². The minimum Gasteiger partial charge on any atom is -0.376 e. The Labute approximate surface area is 118 Å². The van der Waals surface area contributed by atoms with Crippen LogP contribution in [0.5, 0.6) is 0 Å². The van der Waals surface area contributed by atoms with Gasteiger partial charge in [0.05, 0.1) is 12.0 Å². The van der Waals surface area contributed by atoms with Crippen LogP contribution in [0.1, 0.15) is 37.2 Å². The topological polar surface area (TPSA) is 38.3 Å². The van der Waals surface area contributed by atoms with Crippen LogP contribution in [-0.2, 0) is 9.53 Å². The van der Waals surface area contributed by atoms with Crippen molar-refractivity contribution in [2.75, 3.05) is 13.2 Å². The molecule has 0 spiro atoms. The van der Waals surface area contributed by atoms with Gasteiger partial charge in [-0.1, -0.05) is 12.1 Å². The zero-order valence-corrected chi connectivity index (χ0v) is 11.5. The summed E-state index contributed by atoms with van der Waals surface area (Å²) in [5, 5.41) is 3.00. The molecule has 1 aromatic rings. The smallest absolute Gasteiger partial charge is 0.227 e. The van der Waals surface area contributed by atoms with Crippen LogP contribution in [0.3, 0.4) is 0 Å². The Bertz CT molecular complexity index is 464. The summed E-state index contributed by atoms with van der Waals surface area (Å²) in [5.74, 6) is 0.0552. The molecule has 1 saturated carbocycles. The van der Waals surface area contributed by atoms with Gasteiger partial charge in [0.2, 0.25) is 5.91 Å². The fourth-order valence-corrected chi connectivity index (χ4v) is 2.87. The third-order valence-electron chi connectivity index (χ3n) is 4.13. The Balaban J connectivity index is 1.63. The maximum absolute atomic E-state index is 13.0. The van der Waals surface area contributed by atoms with Crippen LogP contribution < -0.4 is 5.32 Å². The highest BCUT2D eigenvalue weighted by molar-refractivity contribution is 5.84. The molecule has 2 aliphatic rings. The van der Waals surface area contributed by atoms with E-state index >= 15 is 0 Å². The summed E-state index contributed by atoms with van der Waals surface area (Å²) in [6.45, 7) is 1.38. The van der Waals surface area contributed by atoms with Gasteiger partial charge in [0.25, 0.3) is 0 Å². The number of nitrogens with one attached hydrogen (secondary N) is 1. The Morgan fingerprint density at radius 3 is 2.65 bits per heavy atom. The molecule has 0 aromatic heterocycles. The largest absolute Gasteiger partial charge is 0.376 e. The second-order valence-corrected chi connectivity index (χ2v) is 5.75. The zero-order valence-electron chi connectivity index (χ0n) is 11.5. The van der Waals surface area contributed by atoms with Gasteiger partial charge >= 0.3 is 0 Å². The van der Waals surface area contributed by atoms with E-state index < -0.39 is 0 Å². The third kappa shape index (κ3) is 3.18. The van der Waals surface area contributed by atoms with Crippen LogP contribution >= 0.6 is 0 Å². The number of rotatable bonds is 5. The number of benzene rings is 1. The van der Waals surface area contributed by atoms with Gasteiger partial charge < -0.3 is 10.1 Å². The molecule has 3 rings (SSSR count). The van der Waals surface area contributed by atoms with Crippen LogP contribution in [0.4, 0.5) is 4.39 Å². The van der Waals surface area contributed by atoms with Crippen molar-refractivity contribution in [2.45, 2.75) is 37.7 Å². The second-order valence-electron chi connectivity index (χ2n) is 5.75. The summed E-state index contributed by atoms with van der Waals surface area (Å²) in [6.07, 6.45) is 4.41. The van der Waals surface area contributed by atoms with Crippen molar-refractivity contribution in [1.82, 2.24) is 5.32 Å². The van der Waals surface area contributed by atoms with E-state index in [1.54, 1.807) is 12.1 Å². The summed E-state index contributed by atoms with van der Waals surface area (Å²) in [5.41, 5.74) is 0.916. The van der Waals surface area contributed by atoms with E-state index in [4.69, 9.17) is 4.74 Å². The minimum atomic E-state index is -0.261. The standard InChI is InChI=1S/C16H20FNO2/c17-13-7-5-12(6-8-13)15(11-3-4-11)16(19)18-10-14-2-1-9-20-14/h5-8,11,14-15H,1-4,9-10H2,(H,18,19). The van der Waals surface area contributed by atoms with Crippen LogP contribution in [-0.4, -0.2) is 25.2 Å². The van der Waals surface area contributed by atoms with Gasteiger partial charge in [0.1, 0.15) is 5.82 Å². The van der Waals surface area contributed by atoms with Crippen molar-refractivity contribution in [2.24, 2.45) is 5.92 Å². The van der Waals surface area contributed by atoms with Crippen molar-refractivity contribution >= 4 is 5.91 Å². The molecule has 108 valence electrons. The quantitative estimate of drug-likeness (QED) is 0.898. The fraction of sp³-hybridized carbons (Fsp3) is 0.562. The Morgan fingerprint density at radius 2 is 2.05 bits per heavy atom. The van der Waals surface area contributed by atoms with Crippen molar-refractivity contribution in [3.8, 4) is 0 Å². The molecule has 2 atom stereocenters. The van der Waals surface area contributed by atoms with E-state index in [0.29, 0.717) is 12.5 Å². The molecule has 2 unspecified atom stereocenters. The summed E-state index contributed by atoms with van der Waals surface area (Å²) >= 11 is 0. The van der Waals surface area contributed by atoms with Crippen molar-refractivity contribution < 1.29 is 13.9 Å². The molecule has 1 aliphatic heterocycles. The van der Waals surface area contributed by atoms with Gasteiger partial charge in [0, 0.05) is 13.2 Å². The zero-order chi connectivity index (χ0) is 13.9. The molecule has 20 heavy (non-hydrogen) atoms. The van der Waals surface area contributed by atoms with Crippen molar-refractivity contribution in [3.05, 3.63) is 35.6 Å². The number of amides is 1. The van der Waals surface area contributed by atoms with E-state index in [1.807, 2.05) is 0 Å². The van der Waals surface area contributed by atoms with Gasteiger partial charge in [0.15, 0.2) is 0 Å². The number of halogens is 1. The molecule has 1 aliphatic carbocycles. The van der Waals surface area contributed by atoms with E-state index in [0.717, 1.165) is 37.9 Å². The number of ether oxygens (including phenoxy) is 1. The maximum Gasteiger partial charge on any atom is 0.227 e.